The summed E-state index contributed by atoms with van der Waals surface area (Å²) < 4.78 is 6.50. The second kappa shape index (κ2) is 10.2. The number of hydrogen-bond acceptors (Lipinski definition) is 1. The zero-order valence-corrected chi connectivity index (χ0v) is 25.6. The lowest BCUT2D eigenvalue weighted by Gasteiger charge is -2.19. The van der Waals surface area contributed by atoms with Crippen molar-refractivity contribution in [3.05, 3.63) is 170 Å². The number of benzene rings is 9. The molecule has 0 fully saturated rings. The van der Waals surface area contributed by atoms with Crippen molar-refractivity contribution in [1.29, 1.82) is 0 Å². The van der Waals surface area contributed by atoms with Crippen molar-refractivity contribution < 1.29 is 4.42 Å². The monoisotopic (exact) mass is 596 g/mol. The van der Waals surface area contributed by atoms with Crippen molar-refractivity contribution in [2.24, 2.45) is 0 Å². The first kappa shape index (κ1) is 26.1. The molecule has 0 unspecified atom stereocenters. The molecule has 47 heavy (non-hydrogen) atoms. The van der Waals surface area contributed by atoms with Crippen LogP contribution >= 0.6 is 0 Å². The number of furan rings is 1. The average Bonchev–Trinajstić information content (AvgIpc) is 3.49. The highest BCUT2D eigenvalue weighted by molar-refractivity contribution is 6.24. The lowest BCUT2D eigenvalue weighted by atomic mass is 9.84. The van der Waals surface area contributed by atoms with Crippen molar-refractivity contribution in [3.63, 3.8) is 0 Å². The van der Waals surface area contributed by atoms with Crippen LogP contribution in [0.4, 0.5) is 0 Å². The van der Waals surface area contributed by atoms with Gasteiger partial charge in [-0.2, -0.15) is 0 Å². The van der Waals surface area contributed by atoms with Crippen LogP contribution in [-0.4, -0.2) is 0 Å². The van der Waals surface area contributed by atoms with E-state index in [-0.39, 0.29) is 0 Å². The first-order valence-corrected chi connectivity index (χ1v) is 16.2. The van der Waals surface area contributed by atoms with Gasteiger partial charge in [-0.3, -0.25) is 0 Å². The summed E-state index contributed by atoms with van der Waals surface area (Å²) in [5.74, 6) is 0. The van der Waals surface area contributed by atoms with Gasteiger partial charge < -0.3 is 4.42 Å². The van der Waals surface area contributed by atoms with Gasteiger partial charge in [0.05, 0.1) is 0 Å². The Balaban J connectivity index is 1.25. The van der Waals surface area contributed by atoms with Crippen LogP contribution in [0.5, 0.6) is 0 Å². The van der Waals surface area contributed by atoms with Crippen LogP contribution in [0, 0.1) is 0 Å². The Kier molecular flexibility index (Phi) is 5.64. The third kappa shape index (κ3) is 4.03. The lowest BCUT2D eigenvalue weighted by Crippen LogP contribution is -1.92. The predicted molar refractivity (Wildman–Crippen MR) is 200 cm³/mol. The molecular weight excluding hydrogens is 569 g/mol. The Morgan fingerprint density at radius 3 is 1.53 bits per heavy atom. The quantitative estimate of drug-likeness (QED) is 0.185. The van der Waals surface area contributed by atoms with Gasteiger partial charge in [-0.25, -0.2) is 0 Å². The number of hydrogen-bond donors (Lipinski definition) is 0. The van der Waals surface area contributed by atoms with Gasteiger partial charge in [0.2, 0.25) is 0 Å². The molecule has 0 atom stereocenters. The van der Waals surface area contributed by atoms with Gasteiger partial charge in [0.1, 0.15) is 11.2 Å². The molecule has 0 spiro atoms. The fourth-order valence-corrected chi connectivity index (χ4v) is 7.66. The highest BCUT2D eigenvalue weighted by Gasteiger charge is 2.19. The largest absolute Gasteiger partial charge is 0.456 e. The van der Waals surface area contributed by atoms with E-state index in [1.807, 2.05) is 0 Å². The normalized spacial score (nSPS) is 11.8. The summed E-state index contributed by atoms with van der Waals surface area (Å²) in [6, 6.07) is 61.6. The maximum atomic E-state index is 6.50. The maximum absolute atomic E-state index is 6.50. The van der Waals surface area contributed by atoms with Crippen molar-refractivity contribution in [1.82, 2.24) is 0 Å². The molecule has 9 aromatic carbocycles. The zero-order chi connectivity index (χ0) is 30.9. The van der Waals surface area contributed by atoms with E-state index >= 15 is 0 Å². The van der Waals surface area contributed by atoms with E-state index in [0.717, 1.165) is 27.5 Å². The smallest absolute Gasteiger partial charge is 0.136 e. The predicted octanol–water partition coefficient (Wildman–Crippen LogP) is 13.2. The molecular formula is C46H28O. The molecule has 0 aliphatic heterocycles. The molecule has 10 aromatic rings. The van der Waals surface area contributed by atoms with E-state index in [4.69, 9.17) is 4.42 Å². The van der Waals surface area contributed by atoms with Crippen LogP contribution < -0.4 is 0 Å². The van der Waals surface area contributed by atoms with Gasteiger partial charge in [-0.05, 0) is 113 Å². The summed E-state index contributed by atoms with van der Waals surface area (Å²) in [6.45, 7) is 0. The molecule has 1 heteroatoms. The van der Waals surface area contributed by atoms with Crippen molar-refractivity contribution >= 4 is 65.0 Å². The zero-order valence-electron chi connectivity index (χ0n) is 25.6. The standard InChI is InChI=1S/C46H28O/c1-2-12-29(13-3-1)45-37-18-8-10-20-39(37)46(40-21-11-9-19-38(40)45)42-26-34(24-33-16-6-7-17-35(33)42)32-22-23-36-41-25-30-14-4-5-15-31(30)27-44(41)47-43(36)28-32/h1-28H. The van der Waals surface area contributed by atoms with Crippen LogP contribution in [-0.2, 0) is 0 Å². The summed E-state index contributed by atoms with van der Waals surface area (Å²) >= 11 is 0. The first-order valence-electron chi connectivity index (χ1n) is 16.2. The third-order valence-electron chi connectivity index (χ3n) is 9.80. The molecule has 0 saturated carbocycles. The minimum Gasteiger partial charge on any atom is -0.456 e. The molecule has 0 amide bonds. The topological polar surface area (TPSA) is 13.1 Å². The molecule has 1 aromatic heterocycles. The van der Waals surface area contributed by atoms with Gasteiger partial charge in [-0.1, -0.05) is 133 Å². The summed E-state index contributed by atoms with van der Waals surface area (Å²) in [6.07, 6.45) is 0. The van der Waals surface area contributed by atoms with Crippen molar-refractivity contribution in [3.8, 4) is 33.4 Å². The van der Waals surface area contributed by atoms with E-state index < -0.39 is 0 Å². The van der Waals surface area contributed by atoms with Gasteiger partial charge in [-0.15, -0.1) is 0 Å². The van der Waals surface area contributed by atoms with Gasteiger partial charge in [0, 0.05) is 10.8 Å². The molecule has 218 valence electrons. The highest BCUT2D eigenvalue weighted by Crippen LogP contribution is 2.46. The van der Waals surface area contributed by atoms with Gasteiger partial charge in [0.25, 0.3) is 0 Å². The van der Waals surface area contributed by atoms with Crippen molar-refractivity contribution in [2.75, 3.05) is 0 Å². The highest BCUT2D eigenvalue weighted by atomic mass is 16.3. The molecule has 0 aliphatic rings. The second-order valence-corrected chi connectivity index (χ2v) is 12.5. The van der Waals surface area contributed by atoms with E-state index in [0.29, 0.717) is 0 Å². The SMILES string of the molecule is c1ccc(-c2c3ccccc3c(-c3cc(-c4ccc5c(c4)oc4cc6ccccc6cc45)cc4ccccc34)c3ccccc23)cc1. The molecule has 0 aliphatic carbocycles. The summed E-state index contributed by atoms with van der Waals surface area (Å²) in [7, 11) is 0. The van der Waals surface area contributed by atoms with Crippen LogP contribution in [0.15, 0.2) is 174 Å². The maximum Gasteiger partial charge on any atom is 0.136 e. The molecule has 0 radical (unpaired) electrons. The van der Waals surface area contributed by atoms with Crippen LogP contribution in [0.2, 0.25) is 0 Å². The van der Waals surface area contributed by atoms with Gasteiger partial charge >= 0.3 is 0 Å². The summed E-state index contributed by atoms with van der Waals surface area (Å²) in [5, 5.41) is 12.2. The average molecular weight is 597 g/mol. The first-order chi connectivity index (χ1) is 23.3. The van der Waals surface area contributed by atoms with E-state index in [1.54, 1.807) is 0 Å². The minimum absolute atomic E-state index is 0.908. The van der Waals surface area contributed by atoms with Crippen LogP contribution in [0.25, 0.3) is 98.4 Å². The van der Waals surface area contributed by atoms with Crippen LogP contribution in [0.3, 0.4) is 0 Å². The fraction of sp³-hybridized carbons (Fsp3) is 0. The number of rotatable bonds is 3. The summed E-state index contributed by atoms with van der Waals surface area (Å²) in [4.78, 5) is 0. The Morgan fingerprint density at radius 2 is 0.830 bits per heavy atom. The van der Waals surface area contributed by atoms with E-state index in [2.05, 4.69) is 170 Å². The lowest BCUT2D eigenvalue weighted by molar-refractivity contribution is 0.669. The van der Waals surface area contributed by atoms with Crippen LogP contribution in [0.1, 0.15) is 0 Å². The summed E-state index contributed by atoms with van der Waals surface area (Å²) in [5.41, 5.74) is 9.17. The Hall–Kier alpha value is -6.18. The fourth-order valence-electron chi connectivity index (χ4n) is 7.66. The molecule has 1 heterocycles. The van der Waals surface area contributed by atoms with E-state index in [9.17, 15) is 0 Å². The van der Waals surface area contributed by atoms with Gasteiger partial charge in [0.15, 0.2) is 0 Å². The second-order valence-electron chi connectivity index (χ2n) is 12.5. The minimum atomic E-state index is 0.908. The third-order valence-corrected chi connectivity index (χ3v) is 9.80. The number of fused-ring (bicyclic) bond motifs is 7. The molecule has 0 saturated heterocycles. The Morgan fingerprint density at radius 1 is 0.277 bits per heavy atom. The Labute approximate surface area is 271 Å². The molecule has 10 rings (SSSR count). The Bertz CT molecular complexity index is 2780. The molecule has 1 nitrogen and oxygen atoms in total. The molecule has 0 N–H and O–H groups in total. The van der Waals surface area contributed by atoms with E-state index in [1.165, 1.54) is 70.9 Å². The molecule has 0 bridgehead atoms. The van der Waals surface area contributed by atoms with Crippen molar-refractivity contribution in [2.45, 2.75) is 0 Å².